The number of aliphatic hydroxyl groups excluding tert-OH is 1. The Hall–Kier alpha value is -3.21. The average molecular weight is 519 g/mol. The molecular formula is C28H38N8O2. The number of aromatic amines is 1. The number of hydrogen-bond acceptors (Lipinski definition) is 7. The van der Waals surface area contributed by atoms with Crippen molar-refractivity contribution in [3.05, 3.63) is 47.0 Å². The zero-order valence-electron chi connectivity index (χ0n) is 22.8. The lowest BCUT2D eigenvalue weighted by Gasteiger charge is -2.23. The van der Waals surface area contributed by atoms with Crippen LogP contribution in [0.1, 0.15) is 54.6 Å². The third-order valence-electron chi connectivity index (χ3n) is 8.32. The minimum atomic E-state index is -0.827. The summed E-state index contributed by atoms with van der Waals surface area (Å²) in [6.45, 7) is 9.45. The number of rotatable bonds is 3. The Bertz CT molecular complexity index is 1430. The largest absolute Gasteiger partial charge is 0.476 e. The predicted molar refractivity (Wildman–Crippen MR) is 146 cm³/mol. The fraction of sp³-hybridized carbons (Fsp3) is 0.536. The fourth-order valence-electron chi connectivity index (χ4n) is 5.92. The molecule has 6 rings (SSSR count). The fourth-order valence-corrected chi connectivity index (χ4v) is 5.92. The van der Waals surface area contributed by atoms with E-state index < -0.39 is 6.23 Å². The van der Waals surface area contributed by atoms with Gasteiger partial charge in [-0.1, -0.05) is 13.0 Å². The molecule has 2 N–H and O–H groups in total. The molecular weight excluding hydrogens is 480 g/mol. The molecule has 2 aliphatic heterocycles. The number of benzene rings is 1. The molecule has 0 spiro atoms. The van der Waals surface area contributed by atoms with Crippen molar-refractivity contribution in [2.45, 2.75) is 51.8 Å². The molecule has 0 amide bonds. The summed E-state index contributed by atoms with van der Waals surface area (Å²) in [4.78, 5) is 4.41. The Morgan fingerprint density at radius 3 is 2.76 bits per heavy atom. The van der Waals surface area contributed by atoms with E-state index in [1.165, 1.54) is 12.8 Å². The van der Waals surface area contributed by atoms with Crippen molar-refractivity contribution in [3.8, 4) is 17.0 Å². The van der Waals surface area contributed by atoms with Crippen LogP contribution in [0.15, 0.2) is 24.4 Å². The van der Waals surface area contributed by atoms with E-state index in [0.717, 1.165) is 77.3 Å². The van der Waals surface area contributed by atoms with Crippen molar-refractivity contribution in [2.75, 3.05) is 39.8 Å². The van der Waals surface area contributed by atoms with Crippen LogP contribution in [0.4, 0.5) is 0 Å². The number of nitrogens with zero attached hydrogens (tertiary/aromatic N) is 7. The van der Waals surface area contributed by atoms with Crippen molar-refractivity contribution in [3.63, 3.8) is 0 Å². The molecule has 1 aromatic carbocycles. The SMILES string of the molecule is Cc1c2c(nn1CCN1CCCC1)C(O)N(C)CCOc1c(cnn1C)-c1ccc3n[nH]c(c3c1)C(C)C2. The van der Waals surface area contributed by atoms with E-state index in [9.17, 15) is 5.11 Å². The van der Waals surface area contributed by atoms with Gasteiger partial charge < -0.3 is 14.7 Å². The summed E-state index contributed by atoms with van der Waals surface area (Å²) in [6.07, 6.45) is 4.33. The van der Waals surface area contributed by atoms with Gasteiger partial charge in [0.2, 0.25) is 5.88 Å². The number of hydrogen-bond donors (Lipinski definition) is 2. The van der Waals surface area contributed by atoms with E-state index in [1.54, 1.807) is 4.68 Å². The van der Waals surface area contributed by atoms with E-state index in [4.69, 9.17) is 9.84 Å². The number of nitrogens with one attached hydrogen (secondary N) is 1. The first kappa shape index (κ1) is 25.1. The van der Waals surface area contributed by atoms with Gasteiger partial charge in [-0.15, -0.1) is 0 Å². The van der Waals surface area contributed by atoms with Crippen molar-refractivity contribution < 1.29 is 9.84 Å². The highest BCUT2D eigenvalue weighted by molar-refractivity contribution is 5.87. The molecule has 1 saturated heterocycles. The van der Waals surface area contributed by atoms with Crippen LogP contribution in [-0.2, 0) is 20.0 Å². The monoisotopic (exact) mass is 518 g/mol. The minimum Gasteiger partial charge on any atom is -0.476 e. The van der Waals surface area contributed by atoms with Crippen LogP contribution in [0.5, 0.6) is 5.88 Å². The maximum atomic E-state index is 11.5. The number of aliphatic hydroxyl groups is 1. The predicted octanol–water partition coefficient (Wildman–Crippen LogP) is 3.23. The van der Waals surface area contributed by atoms with Crippen LogP contribution in [-0.4, -0.2) is 84.5 Å². The second-order valence-corrected chi connectivity index (χ2v) is 10.9. The Morgan fingerprint density at radius 1 is 1.13 bits per heavy atom. The zero-order valence-corrected chi connectivity index (χ0v) is 22.8. The van der Waals surface area contributed by atoms with E-state index >= 15 is 0 Å². The number of aromatic nitrogens is 6. The summed E-state index contributed by atoms with van der Waals surface area (Å²) in [7, 11) is 3.81. The summed E-state index contributed by atoms with van der Waals surface area (Å²) in [5.74, 6) is 0.860. The molecule has 2 unspecified atom stereocenters. The molecule has 0 saturated carbocycles. The topological polar surface area (TPSA) is 100 Å². The first-order valence-corrected chi connectivity index (χ1v) is 13.7. The molecule has 2 aliphatic rings. The summed E-state index contributed by atoms with van der Waals surface area (Å²) >= 11 is 0. The molecule has 10 nitrogen and oxygen atoms in total. The summed E-state index contributed by atoms with van der Waals surface area (Å²) in [5, 5.41) is 29.9. The van der Waals surface area contributed by atoms with Gasteiger partial charge in [-0.3, -0.25) is 14.7 Å². The quantitative estimate of drug-likeness (QED) is 0.430. The van der Waals surface area contributed by atoms with Gasteiger partial charge in [-0.25, -0.2) is 4.68 Å². The Balaban J connectivity index is 1.40. The number of H-pyrrole nitrogens is 1. The number of likely N-dealkylation sites (N-methyl/N-ethyl adjacent to an activating group) is 1. The van der Waals surface area contributed by atoms with Crippen LogP contribution >= 0.6 is 0 Å². The molecule has 4 aromatic rings. The number of ether oxygens (including phenoxy) is 1. The van der Waals surface area contributed by atoms with Crippen molar-refractivity contribution in [2.24, 2.45) is 7.05 Å². The highest BCUT2D eigenvalue weighted by Gasteiger charge is 2.27. The number of aryl methyl sites for hydroxylation is 1. The van der Waals surface area contributed by atoms with Gasteiger partial charge in [-0.05, 0) is 64.0 Å². The Morgan fingerprint density at radius 2 is 1.95 bits per heavy atom. The zero-order chi connectivity index (χ0) is 26.4. The number of fused-ring (bicyclic) bond motifs is 4. The van der Waals surface area contributed by atoms with E-state index in [1.807, 2.05) is 25.2 Å². The lowest BCUT2D eigenvalue weighted by atomic mass is 9.93. The highest BCUT2D eigenvalue weighted by Crippen LogP contribution is 2.35. The Labute approximate surface area is 223 Å². The van der Waals surface area contributed by atoms with Crippen LogP contribution in [0.2, 0.25) is 0 Å². The molecule has 2 bridgehead atoms. The third-order valence-corrected chi connectivity index (χ3v) is 8.32. The second kappa shape index (κ2) is 10.2. The highest BCUT2D eigenvalue weighted by atomic mass is 16.5. The lowest BCUT2D eigenvalue weighted by molar-refractivity contribution is 0.00834. The standard InChI is InChI=1S/C28H38N8O2/c1-18-15-21-19(2)36(12-11-35-9-5-6-10-35)32-26(21)27(37)33(3)13-14-38-28-23(17-29-34(28)4)20-7-8-24-22(16-20)25(18)31-30-24/h7-8,16-18,27,37H,5-6,9-15H2,1-4H3,(H,30,31). The van der Waals surface area contributed by atoms with Crippen molar-refractivity contribution >= 4 is 10.9 Å². The molecule has 202 valence electrons. The van der Waals surface area contributed by atoms with Gasteiger partial charge >= 0.3 is 0 Å². The second-order valence-electron chi connectivity index (χ2n) is 10.9. The molecule has 5 heterocycles. The molecule has 38 heavy (non-hydrogen) atoms. The van der Waals surface area contributed by atoms with Gasteiger partial charge in [0, 0.05) is 48.4 Å². The molecule has 0 aliphatic carbocycles. The molecule has 1 fully saturated rings. The van der Waals surface area contributed by atoms with Gasteiger partial charge in [0.1, 0.15) is 12.3 Å². The van der Waals surface area contributed by atoms with E-state index in [-0.39, 0.29) is 5.92 Å². The molecule has 2 atom stereocenters. The first-order valence-electron chi connectivity index (χ1n) is 13.7. The molecule has 0 radical (unpaired) electrons. The lowest BCUT2D eigenvalue weighted by Crippen LogP contribution is -2.30. The normalized spacial score (nSPS) is 21.3. The summed E-state index contributed by atoms with van der Waals surface area (Å²) in [6, 6.07) is 6.31. The van der Waals surface area contributed by atoms with Crippen molar-refractivity contribution in [1.82, 2.24) is 39.6 Å². The average Bonchev–Trinajstić information content (AvgIpc) is 3.70. The van der Waals surface area contributed by atoms with Crippen LogP contribution < -0.4 is 4.74 Å². The van der Waals surface area contributed by atoms with E-state index in [2.05, 4.69) is 56.9 Å². The van der Waals surface area contributed by atoms with Crippen LogP contribution in [0.25, 0.3) is 22.0 Å². The van der Waals surface area contributed by atoms with Crippen LogP contribution in [0.3, 0.4) is 0 Å². The maximum Gasteiger partial charge on any atom is 0.219 e. The van der Waals surface area contributed by atoms with Gasteiger partial charge in [0.25, 0.3) is 0 Å². The van der Waals surface area contributed by atoms with Crippen molar-refractivity contribution in [1.29, 1.82) is 0 Å². The summed E-state index contributed by atoms with van der Waals surface area (Å²) in [5.41, 5.74) is 6.98. The van der Waals surface area contributed by atoms with Gasteiger partial charge in [0.05, 0.1) is 23.8 Å². The van der Waals surface area contributed by atoms with Gasteiger partial charge in [0.15, 0.2) is 6.23 Å². The molecule has 10 heteroatoms. The van der Waals surface area contributed by atoms with Gasteiger partial charge in [-0.2, -0.15) is 15.3 Å². The Kier molecular flexibility index (Phi) is 6.71. The van der Waals surface area contributed by atoms with Crippen LogP contribution in [0, 0.1) is 6.92 Å². The smallest absolute Gasteiger partial charge is 0.219 e. The molecule has 3 aromatic heterocycles. The first-order chi connectivity index (χ1) is 18.4. The minimum absolute atomic E-state index is 0.149. The van der Waals surface area contributed by atoms with E-state index in [0.29, 0.717) is 19.0 Å². The number of likely N-dealkylation sites (tertiary alicyclic amines) is 1. The maximum absolute atomic E-state index is 11.5. The third kappa shape index (κ3) is 4.50. The summed E-state index contributed by atoms with van der Waals surface area (Å²) < 4.78 is 10.1.